The summed E-state index contributed by atoms with van der Waals surface area (Å²) in [6.45, 7) is 2.35. The van der Waals surface area contributed by atoms with E-state index >= 15 is 0 Å². The van der Waals surface area contributed by atoms with Crippen LogP contribution in [-0.4, -0.2) is 12.2 Å². The Labute approximate surface area is 92.0 Å². The maximum absolute atomic E-state index is 9.72. The van der Waals surface area contributed by atoms with Gasteiger partial charge in [-0.25, -0.2) is 0 Å². The van der Waals surface area contributed by atoms with Crippen molar-refractivity contribution in [3.8, 4) is 11.5 Å². The lowest BCUT2D eigenvalue weighted by Crippen LogP contribution is -2.01. The van der Waals surface area contributed by atoms with Crippen molar-refractivity contribution in [2.24, 2.45) is 5.73 Å². The Bertz CT molecular complexity index is 339. The normalized spacial score (nSPS) is 10.3. The Kier molecular flexibility index (Phi) is 3.77. The van der Waals surface area contributed by atoms with Gasteiger partial charge in [0.05, 0.1) is 7.11 Å². The SMILES string of the molecule is CCc1cc(CN)c(O)c(Br)c1OC. The van der Waals surface area contributed by atoms with Crippen molar-refractivity contribution in [2.75, 3.05) is 7.11 Å². The van der Waals surface area contributed by atoms with Crippen molar-refractivity contribution < 1.29 is 9.84 Å². The van der Waals surface area contributed by atoms with E-state index in [9.17, 15) is 5.11 Å². The molecule has 1 aromatic carbocycles. The molecule has 0 atom stereocenters. The van der Waals surface area contributed by atoms with Gasteiger partial charge in [-0.1, -0.05) is 6.92 Å². The lowest BCUT2D eigenvalue weighted by Gasteiger charge is -2.13. The summed E-state index contributed by atoms with van der Waals surface area (Å²) in [6, 6.07) is 1.87. The van der Waals surface area contributed by atoms with Crippen LogP contribution in [0.1, 0.15) is 18.1 Å². The third kappa shape index (κ3) is 1.86. The first-order valence-electron chi connectivity index (χ1n) is 4.42. The van der Waals surface area contributed by atoms with Crippen LogP contribution in [0, 0.1) is 0 Å². The second kappa shape index (κ2) is 4.66. The fourth-order valence-corrected chi connectivity index (χ4v) is 2.04. The molecular formula is C10H14BrNO2. The number of rotatable bonds is 3. The number of aryl methyl sites for hydroxylation is 1. The summed E-state index contributed by atoms with van der Waals surface area (Å²) in [7, 11) is 1.58. The molecule has 0 radical (unpaired) electrons. The van der Waals surface area contributed by atoms with Crippen molar-refractivity contribution >= 4 is 15.9 Å². The van der Waals surface area contributed by atoms with Crippen molar-refractivity contribution in [3.63, 3.8) is 0 Å². The number of hydrogen-bond donors (Lipinski definition) is 2. The number of aromatic hydroxyl groups is 1. The number of ether oxygens (including phenoxy) is 1. The van der Waals surface area contributed by atoms with Gasteiger partial charge in [0.1, 0.15) is 16.0 Å². The van der Waals surface area contributed by atoms with E-state index in [1.807, 2.05) is 13.0 Å². The minimum Gasteiger partial charge on any atom is -0.506 e. The molecule has 0 aliphatic heterocycles. The van der Waals surface area contributed by atoms with Crippen LogP contribution in [0.15, 0.2) is 10.5 Å². The smallest absolute Gasteiger partial charge is 0.139 e. The molecule has 0 unspecified atom stereocenters. The van der Waals surface area contributed by atoms with E-state index in [-0.39, 0.29) is 5.75 Å². The largest absolute Gasteiger partial charge is 0.506 e. The van der Waals surface area contributed by atoms with E-state index in [1.165, 1.54) is 0 Å². The van der Waals surface area contributed by atoms with Gasteiger partial charge >= 0.3 is 0 Å². The van der Waals surface area contributed by atoms with Crippen molar-refractivity contribution in [3.05, 3.63) is 21.7 Å². The quantitative estimate of drug-likeness (QED) is 0.875. The predicted octanol–water partition coefficient (Wildman–Crippen LogP) is 2.18. The fourth-order valence-electron chi connectivity index (χ4n) is 1.37. The topological polar surface area (TPSA) is 55.5 Å². The zero-order chi connectivity index (χ0) is 10.7. The summed E-state index contributed by atoms with van der Waals surface area (Å²) >= 11 is 3.29. The summed E-state index contributed by atoms with van der Waals surface area (Å²) in [5.74, 6) is 0.851. The van der Waals surface area contributed by atoms with Gasteiger partial charge in [0.2, 0.25) is 0 Å². The van der Waals surface area contributed by atoms with Gasteiger partial charge in [0.25, 0.3) is 0 Å². The Morgan fingerprint density at radius 1 is 1.50 bits per heavy atom. The highest BCUT2D eigenvalue weighted by atomic mass is 79.9. The van der Waals surface area contributed by atoms with Crippen molar-refractivity contribution in [1.82, 2.24) is 0 Å². The van der Waals surface area contributed by atoms with Gasteiger partial charge in [-0.3, -0.25) is 0 Å². The average molecular weight is 260 g/mol. The summed E-state index contributed by atoms with van der Waals surface area (Å²) in [5.41, 5.74) is 7.28. The molecule has 1 rings (SSSR count). The average Bonchev–Trinajstić information content (AvgIpc) is 2.21. The Balaban J connectivity index is 3.38. The molecular weight excluding hydrogens is 246 g/mol. The third-order valence-corrected chi connectivity index (χ3v) is 2.89. The molecule has 0 fully saturated rings. The van der Waals surface area contributed by atoms with E-state index in [4.69, 9.17) is 10.5 Å². The molecule has 0 aliphatic carbocycles. The van der Waals surface area contributed by atoms with Crippen molar-refractivity contribution in [2.45, 2.75) is 19.9 Å². The van der Waals surface area contributed by atoms with Crippen molar-refractivity contribution in [1.29, 1.82) is 0 Å². The van der Waals surface area contributed by atoms with Gasteiger partial charge in [0.15, 0.2) is 0 Å². The zero-order valence-electron chi connectivity index (χ0n) is 8.30. The third-order valence-electron chi connectivity index (χ3n) is 2.16. The second-order valence-corrected chi connectivity index (χ2v) is 3.74. The monoisotopic (exact) mass is 259 g/mol. The number of benzene rings is 1. The standard InChI is InChI=1S/C10H14BrNO2/c1-3-6-4-7(5-12)9(13)8(11)10(6)14-2/h4,13H,3,5,12H2,1-2H3. The molecule has 4 heteroatoms. The minimum atomic E-state index is 0.168. The maximum Gasteiger partial charge on any atom is 0.139 e. The number of nitrogens with two attached hydrogens (primary N) is 1. The lowest BCUT2D eigenvalue weighted by molar-refractivity contribution is 0.397. The molecule has 0 aromatic heterocycles. The summed E-state index contributed by atoms with van der Waals surface area (Å²) in [4.78, 5) is 0. The predicted molar refractivity (Wildman–Crippen MR) is 59.6 cm³/mol. The molecule has 0 saturated heterocycles. The van der Waals surface area contributed by atoms with E-state index in [1.54, 1.807) is 7.11 Å². The minimum absolute atomic E-state index is 0.168. The molecule has 0 saturated carbocycles. The van der Waals surface area contributed by atoms with Gasteiger partial charge in [-0.15, -0.1) is 0 Å². The van der Waals surface area contributed by atoms with Gasteiger partial charge in [-0.05, 0) is 34.0 Å². The highest BCUT2D eigenvalue weighted by Crippen LogP contribution is 2.39. The summed E-state index contributed by atoms with van der Waals surface area (Å²) in [6.07, 6.45) is 0.842. The van der Waals surface area contributed by atoms with Crippen LogP contribution in [0.4, 0.5) is 0 Å². The van der Waals surface area contributed by atoms with Crippen LogP contribution < -0.4 is 10.5 Å². The molecule has 1 aromatic rings. The molecule has 0 aliphatic rings. The van der Waals surface area contributed by atoms with Crippen LogP contribution >= 0.6 is 15.9 Å². The van der Waals surface area contributed by atoms with E-state index in [2.05, 4.69) is 15.9 Å². The molecule has 78 valence electrons. The molecule has 0 amide bonds. The van der Waals surface area contributed by atoms with Crippen LogP contribution in [0.25, 0.3) is 0 Å². The zero-order valence-corrected chi connectivity index (χ0v) is 9.89. The molecule has 0 heterocycles. The number of methoxy groups -OCH3 is 1. The molecule has 14 heavy (non-hydrogen) atoms. The molecule has 3 N–H and O–H groups in total. The Hall–Kier alpha value is -0.740. The lowest BCUT2D eigenvalue weighted by atomic mass is 10.1. The van der Waals surface area contributed by atoms with E-state index in [0.29, 0.717) is 16.8 Å². The van der Waals surface area contributed by atoms with E-state index < -0.39 is 0 Å². The summed E-state index contributed by atoms with van der Waals surface area (Å²) < 4.78 is 5.78. The first kappa shape index (κ1) is 11.3. The van der Waals surface area contributed by atoms with Crippen LogP contribution in [-0.2, 0) is 13.0 Å². The number of phenolic OH excluding ortho intramolecular Hbond substituents is 1. The number of phenols is 1. The Morgan fingerprint density at radius 3 is 2.57 bits per heavy atom. The number of halogens is 1. The maximum atomic E-state index is 9.72. The fraction of sp³-hybridized carbons (Fsp3) is 0.400. The van der Waals surface area contributed by atoms with Gasteiger partial charge in [-0.2, -0.15) is 0 Å². The first-order chi connectivity index (χ1) is 6.65. The van der Waals surface area contributed by atoms with E-state index in [0.717, 1.165) is 17.5 Å². The van der Waals surface area contributed by atoms with Crippen LogP contribution in [0.2, 0.25) is 0 Å². The highest BCUT2D eigenvalue weighted by Gasteiger charge is 2.14. The molecule has 3 nitrogen and oxygen atoms in total. The second-order valence-electron chi connectivity index (χ2n) is 2.95. The first-order valence-corrected chi connectivity index (χ1v) is 5.22. The molecule has 0 bridgehead atoms. The number of hydrogen-bond acceptors (Lipinski definition) is 3. The summed E-state index contributed by atoms with van der Waals surface area (Å²) in [5, 5.41) is 9.72. The van der Waals surface area contributed by atoms with Crippen LogP contribution in [0.5, 0.6) is 11.5 Å². The van der Waals surface area contributed by atoms with Gasteiger partial charge < -0.3 is 15.6 Å². The van der Waals surface area contributed by atoms with Crippen LogP contribution in [0.3, 0.4) is 0 Å². The molecule has 0 spiro atoms. The van der Waals surface area contributed by atoms with Gasteiger partial charge in [0, 0.05) is 12.1 Å². The Morgan fingerprint density at radius 2 is 2.14 bits per heavy atom. The highest BCUT2D eigenvalue weighted by molar-refractivity contribution is 9.10.